The minimum Gasteiger partial charge on any atom is -0.447 e. The summed E-state index contributed by atoms with van der Waals surface area (Å²) in [6.45, 7) is 0. The molecule has 0 radical (unpaired) electrons. The molecule has 30 heavy (non-hydrogen) atoms. The quantitative estimate of drug-likeness (QED) is 0.768. The molecule has 1 saturated carbocycles. The second-order valence-corrected chi connectivity index (χ2v) is 9.12. The number of rotatable bonds is 2. The number of nitriles is 3. The molecule has 148 valence electrons. The van der Waals surface area contributed by atoms with Gasteiger partial charge in [0.25, 0.3) is 0 Å². The number of hydrogen-bond donors (Lipinski definition) is 1. The minimum absolute atomic E-state index is 0.142. The van der Waals surface area contributed by atoms with E-state index >= 15 is 0 Å². The normalized spacial score (nSPS) is 35.9. The summed E-state index contributed by atoms with van der Waals surface area (Å²) >= 11 is 1.38. The number of nitrogens with zero attached hydrogens (tertiary/aromatic N) is 3. The number of thiophene rings is 1. The van der Waals surface area contributed by atoms with Gasteiger partial charge >= 0.3 is 0 Å². The Bertz CT molecular complexity index is 1110. The maximum Gasteiger partial charge on any atom is 0.217 e. The Morgan fingerprint density at radius 3 is 2.43 bits per heavy atom. The maximum atomic E-state index is 10.4. The van der Waals surface area contributed by atoms with Gasteiger partial charge in [0.1, 0.15) is 6.10 Å². The lowest BCUT2D eigenvalue weighted by atomic mass is 9.51. The fourth-order valence-corrected chi connectivity index (χ4v) is 6.38. The van der Waals surface area contributed by atoms with E-state index in [-0.39, 0.29) is 11.8 Å². The van der Waals surface area contributed by atoms with Crippen molar-refractivity contribution in [3.05, 3.63) is 58.3 Å². The van der Waals surface area contributed by atoms with Crippen LogP contribution in [0.1, 0.15) is 41.7 Å². The Labute approximate surface area is 178 Å². The zero-order valence-electron chi connectivity index (χ0n) is 16.0. The molecule has 3 fully saturated rings. The second-order valence-electron chi connectivity index (χ2n) is 8.14. The zero-order chi connectivity index (χ0) is 21.0. The molecule has 6 nitrogen and oxygen atoms in total. The number of benzene rings is 1. The van der Waals surface area contributed by atoms with Crippen molar-refractivity contribution in [2.45, 2.75) is 37.1 Å². The van der Waals surface area contributed by atoms with E-state index in [9.17, 15) is 15.8 Å². The smallest absolute Gasteiger partial charge is 0.217 e. The summed E-state index contributed by atoms with van der Waals surface area (Å²) in [4.78, 5) is 0.694. The molecule has 2 aromatic rings. The second kappa shape index (κ2) is 6.41. The molecule has 0 amide bonds. The highest BCUT2D eigenvalue weighted by atomic mass is 32.1. The van der Waals surface area contributed by atoms with Crippen LogP contribution in [0, 0.1) is 56.2 Å². The molecule has 2 bridgehead atoms. The van der Waals surface area contributed by atoms with Gasteiger partial charge in [-0.05, 0) is 35.8 Å². The van der Waals surface area contributed by atoms with E-state index in [4.69, 9.17) is 14.9 Å². The summed E-state index contributed by atoms with van der Waals surface area (Å²) in [5.41, 5.74) is -2.41. The topological polar surface area (TPSA) is 114 Å². The van der Waals surface area contributed by atoms with Gasteiger partial charge in [0, 0.05) is 11.3 Å². The maximum absolute atomic E-state index is 10.4. The fourth-order valence-electron chi connectivity index (χ4n) is 5.56. The first-order valence-electron chi connectivity index (χ1n) is 9.85. The Hall–Kier alpha value is -3.18. The highest BCUT2D eigenvalue weighted by molar-refractivity contribution is 7.10. The van der Waals surface area contributed by atoms with Crippen LogP contribution in [0.15, 0.2) is 47.8 Å². The Morgan fingerprint density at radius 2 is 1.80 bits per heavy atom. The molecule has 5 rings (SSSR count). The summed E-state index contributed by atoms with van der Waals surface area (Å²) < 4.78 is 12.4. The van der Waals surface area contributed by atoms with Crippen molar-refractivity contribution in [1.29, 1.82) is 21.2 Å². The highest BCUT2D eigenvalue weighted by Crippen LogP contribution is 2.70. The van der Waals surface area contributed by atoms with E-state index in [1.807, 2.05) is 29.6 Å². The molecule has 1 N–H and O–H groups in total. The third kappa shape index (κ3) is 2.10. The van der Waals surface area contributed by atoms with Gasteiger partial charge in [-0.25, -0.2) is 0 Å². The molecule has 0 spiro atoms. The third-order valence-electron chi connectivity index (χ3n) is 6.98. The van der Waals surface area contributed by atoms with Gasteiger partial charge in [-0.3, -0.25) is 5.41 Å². The van der Waals surface area contributed by atoms with Crippen LogP contribution in [0.25, 0.3) is 0 Å². The van der Waals surface area contributed by atoms with Crippen LogP contribution in [0.5, 0.6) is 0 Å². The SMILES string of the molecule is N#CC1(C#N)C(c2cccs2)OC23CCC(c4ccccc4)CC2C1(C#N)C(=N)O3. The van der Waals surface area contributed by atoms with Crippen molar-refractivity contribution in [2.24, 2.45) is 16.7 Å². The number of nitrogens with one attached hydrogen (secondary N) is 1. The van der Waals surface area contributed by atoms with E-state index in [2.05, 4.69) is 30.3 Å². The molecular weight excluding hydrogens is 396 g/mol. The van der Waals surface area contributed by atoms with Gasteiger partial charge in [0.05, 0.1) is 24.1 Å². The molecule has 1 aromatic heterocycles. The van der Waals surface area contributed by atoms with Crippen molar-refractivity contribution in [2.75, 3.05) is 0 Å². The van der Waals surface area contributed by atoms with E-state index in [1.165, 1.54) is 11.3 Å². The van der Waals surface area contributed by atoms with Gasteiger partial charge in [-0.1, -0.05) is 36.4 Å². The summed E-state index contributed by atoms with van der Waals surface area (Å²) in [7, 11) is 0. The highest BCUT2D eigenvalue weighted by Gasteiger charge is 2.81. The third-order valence-corrected chi connectivity index (χ3v) is 7.90. The lowest BCUT2D eigenvalue weighted by molar-refractivity contribution is -0.295. The predicted octanol–water partition coefficient (Wildman–Crippen LogP) is 4.65. The predicted molar refractivity (Wildman–Crippen MR) is 108 cm³/mol. The number of hydrogen-bond acceptors (Lipinski definition) is 7. The first-order chi connectivity index (χ1) is 14.6. The van der Waals surface area contributed by atoms with Gasteiger partial charge < -0.3 is 9.47 Å². The molecule has 7 heteroatoms. The average molecular weight is 414 g/mol. The monoisotopic (exact) mass is 414 g/mol. The lowest BCUT2D eigenvalue weighted by Crippen LogP contribution is -2.60. The van der Waals surface area contributed by atoms with Gasteiger partial charge in [-0.15, -0.1) is 11.3 Å². The van der Waals surface area contributed by atoms with E-state index in [0.29, 0.717) is 17.7 Å². The van der Waals surface area contributed by atoms with E-state index in [1.54, 1.807) is 6.07 Å². The lowest BCUT2D eigenvalue weighted by Gasteiger charge is -2.52. The molecule has 2 aliphatic heterocycles. The molecule has 1 aliphatic carbocycles. The summed E-state index contributed by atoms with van der Waals surface area (Å²) in [5, 5.41) is 41.4. The van der Waals surface area contributed by atoms with Crippen molar-refractivity contribution >= 4 is 17.2 Å². The van der Waals surface area contributed by atoms with Crippen LogP contribution < -0.4 is 0 Å². The van der Waals surface area contributed by atoms with Crippen LogP contribution in [0.4, 0.5) is 0 Å². The summed E-state index contributed by atoms with van der Waals surface area (Å²) in [5.74, 6) is -1.91. The van der Waals surface area contributed by atoms with Gasteiger partial charge in [0.15, 0.2) is 5.41 Å². The van der Waals surface area contributed by atoms with E-state index in [0.717, 1.165) is 12.0 Å². The van der Waals surface area contributed by atoms with Crippen molar-refractivity contribution < 1.29 is 9.47 Å². The van der Waals surface area contributed by atoms with Crippen LogP contribution in [0.3, 0.4) is 0 Å². The van der Waals surface area contributed by atoms with Crippen LogP contribution in [0.2, 0.25) is 0 Å². The van der Waals surface area contributed by atoms with Crippen LogP contribution in [-0.4, -0.2) is 11.7 Å². The van der Waals surface area contributed by atoms with Crippen molar-refractivity contribution in [1.82, 2.24) is 0 Å². The summed E-state index contributed by atoms with van der Waals surface area (Å²) in [6.07, 6.45) is 0.845. The Morgan fingerprint density at radius 1 is 1.03 bits per heavy atom. The molecule has 1 aromatic carbocycles. The fraction of sp³-hybridized carbons (Fsp3) is 0.391. The number of ether oxygens (including phenoxy) is 2. The Kier molecular flexibility index (Phi) is 4.02. The van der Waals surface area contributed by atoms with Gasteiger partial charge in [-0.2, -0.15) is 15.8 Å². The molecule has 3 heterocycles. The van der Waals surface area contributed by atoms with Crippen LogP contribution in [-0.2, 0) is 9.47 Å². The first kappa shape index (κ1) is 18.8. The summed E-state index contributed by atoms with van der Waals surface area (Å²) in [6, 6.07) is 20.1. The largest absolute Gasteiger partial charge is 0.447 e. The standard InChI is InChI=1S/C23H18N4O2S/c24-12-21(13-25)19(17-7-4-10-30-17)28-23-9-8-16(15-5-2-1-3-6-15)11-18(23)22(21,14-26)20(27)29-23/h1-7,10,16,18-19,27H,8-9,11H2. The Balaban J connectivity index is 1.68. The molecule has 5 unspecified atom stereocenters. The van der Waals surface area contributed by atoms with Crippen molar-refractivity contribution in [3.8, 4) is 18.2 Å². The average Bonchev–Trinajstić information content (AvgIpc) is 3.38. The van der Waals surface area contributed by atoms with Crippen LogP contribution >= 0.6 is 11.3 Å². The molecule has 2 saturated heterocycles. The zero-order valence-corrected chi connectivity index (χ0v) is 16.9. The van der Waals surface area contributed by atoms with E-state index < -0.39 is 28.6 Å². The van der Waals surface area contributed by atoms with Crippen molar-refractivity contribution in [3.63, 3.8) is 0 Å². The first-order valence-corrected chi connectivity index (χ1v) is 10.7. The molecular formula is C23H18N4O2S. The van der Waals surface area contributed by atoms with Gasteiger partial charge in [0.2, 0.25) is 17.1 Å². The minimum atomic E-state index is -1.87. The molecule has 3 aliphatic rings. The molecule has 5 atom stereocenters.